The molecule has 0 saturated heterocycles. The average molecular weight is 242 g/mol. The Morgan fingerprint density at radius 3 is 2.50 bits per heavy atom. The summed E-state index contributed by atoms with van der Waals surface area (Å²) < 4.78 is 0. The van der Waals surface area contributed by atoms with Crippen LogP contribution in [0.5, 0.6) is 0 Å². The van der Waals surface area contributed by atoms with Crippen LogP contribution in [0.1, 0.15) is 59.3 Å². The number of unbranched alkanes of at least 4 members (excludes halogenated alkanes) is 1. The van der Waals surface area contributed by atoms with Gasteiger partial charge in [-0.05, 0) is 49.7 Å². The van der Waals surface area contributed by atoms with Crippen LogP contribution in [0.3, 0.4) is 0 Å². The fraction of sp³-hybridized carbons (Fsp3) is 0.923. The molecule has 94 valence electrons. The molecular weight excluding hydrogens is 216 g/mol. The molecule has 1 rings (SSSR count). The molecule has 0 heterocycles. The zero-order valence-electron chi connectivity index (χ0n) is 10.9. The van der Waals surface area contributed by atoms with E-state index < -0.39 is 0 Å². The highest BCUT2D eigenvalue weighted by Gasteiger charge is 2.26. The van der Waals surface area contributed by atoms with Gasteiger partial charge in [0.15, 0.2) is 5.11 Å². The molecule has 2 nitrogen and oxygen atoms in total. The fourth-order valence-electron chi connectivity index (χ4n) is 2.16. The molecule has 0 atom stereocenters. The topological polar surface area (TPSA) is 24.1 Å². The Kier molecular flexibility index (Phi) is 5.53. The molecule has 0 aromatic rings. The second-order valence-electron chi connectivity index (χ2n) is 5.69. The molecule has 1 fully saturated rings. The van der Waals surface area contributed by atoms with E-state index in [9.17, 15) is 0 Å². The standard InChI is InChI=1S/C13H26N2S/c1-4-5-10-14-12(16)15-11-6-8-13(2,3)9-7-11/h11H,4-10H2,1-3H3,(H2,14,15,16). The lowest BCUT2D eigenvalue weighted by atomic mass is 9.76. The molecule has 0 unspecified atom stereocenters. The number of hydrogen-bond donors (Lipinski definition) is 2. The number of hydrogen-bond acceptors (Lipinski definition) is 1. The van der Waals surface area contributed by atoms with Gasteiger partial charge in [0.2, 0.25) is 0 Å². The lowest BCUT2D eigenvalue weighted by Crippen LogP contribution is -2.44. The van der Waals surface area contributed by atoms with E-state index >= 15 is 0 Å². The van der Waals surface area contributed by atoms with Crippen LogP contribution in [0.2, 0.25) is 0 Å². The molecule has 0 amide bonds. The van der Waals surface area contributed by atoms with Gasteiger partial charge in [-0.1, -0.05) is 27.2 Å². The summed E-state index contributed by atoms with van der Waals surface area (Å²) in [4.78, 5) is 0. The Hall–Kier alpha value is -0.310. The second kappa shape index (κ2) is 6.43. The molecule has 0 bridgehead atoms. The van der Waals surface area contributed by atoms with Crippen molar-refractivity contribution in [1.82, 2.24) is 10.6 Å². The molecule has 0 aromatic heterocycles. The van der Waals surface area contributed by atoms with Crippen molar-refractivity contribution in [3.8, 4) is 0 Å². The Labute approximate surface area is 106 Å². The predicted molar refractivity (Wildman–Crippen MR) is 74.7 cm³/mol. The molecule has 0 aliphatic heterocycles. The van der Waals surface area contributed by atoms with Crippen LogP contribution in [-0.2, 0) is 0 Å². The zero-order chi connectivity index (χ0) is 12.0. The van der Waals surface area contributed by atoms with Crippen molar-refractivity contribution in [2.45, 2.75) is 65.3 Å². The normalized spacial score (nSPS) is 20.4. The van der Waals surface area contributed by atoms with Gasteiger partial charge in [0.05, 0.1) is 0 Å². The SMILES string of the molecule is CCCCNC(=S)NC1CCC(C)(C)CC1. The average Bonchev–Trinajstić information content (AvgIpc) is 2.22. The Morgan fingerprint density at radius 2 is 1.94 bits per heavy atom. The van der Waals surface area contributed by atoms with Crippen molar-refractivity contribution in [1.29, 1.82) is 0 Å². The highest BCUT2D eigenvalue weighted by molar-refractivity contribution is 7.80. The van der Waals surface area contributed by atoms with E-state index in [0.717, 1.165) is 11.7 Å². The van der Waals surface area contributed by atoms with Crippen LogP contribution in [-0.4, -0.2) is 17.7 Å². The summed E-state index contributed by atoms with van der Waals surface area (Å²) in [7, 11) is 0. The first-order valence-electron chi connectivity index (χ1n) is 6.58. The molecule has 0 aromatic carbocycles. The summed E-state index contributed by atoms with van der Waals surface area (Å²) in [5, 5.41) is 7.55. The maximum atomic E-state index is 5.28. The van der Waals surface area contributed by atoms with E-state index in [1.165, 1.54) is 38.5 Å². The summed E-state index contributed by atoms with van der Waals surface area (Å²) in [5.41, 5.74) is 0.537. The van der Waals surface area contributed by atoms with Gasteiger partial charge in [-0.15, -0.1) is 0 Å². The smallest absolute Gasteiger partial charge is 0.166 e. The maximum Gasteiger partial charge on any atom is 0.166 e. The van der Waals surface area contributed by atoms with E-state index in [1.54, 1.807) is 0 Å². The molecule has 0 radical (unpaired) electrons. The van der Waals surface area contributed by atoms with Gasteiger partial charge in [-0.3, -0.25) is 0 Å². The second-order valence-corrected chi connectivity index (χ2v) is 6.10. The minimum Gasteiger partial charge on any atom is -0.363 e. The van der Waals surface area contributed by atoms with Crippen LogP contribution in [0.15, 0.2) is 0 Å². The highest BCUT2D eigenvalue weighted by atomic mass is 32.1. The zero-order valence-corrected chi connectivity index (χ0v) is 11.8. The molecular formula is C13H26N2S. The van der Waals surface area contributed by atoms with Gasteiger partial charge in [-0.2, -0.15) is 0 Å². The highest BCUT2D eigenvalue weighted by Crippen LogP contribution is 2.34. The largest absolute Gasteiger partial charge is 0.363 e. The van der Waals surface area contributed by atoms with Gasteiger partial charge < -0.3 is 10.6 Å². The monoisotopic (exact) mass is 242 g/mol. The Balaban J connectivity index is 2.16. The predicted octanol–water partition coefficient (Wildman–Crippen LogP) is 3.22. The molecule has 0 spiro atoms. The fourth-order valence-corrected chi connectivity index (χ4v) is 2.43. The lowest BCUT2D eigenvalue weighted by Gasteiger charge is -2.35. The number of thiocarbonyl (C=S) groups is 1. The van der Waals surface area contributed by atoms with Crippen molar-refractivity contribution in [2.24, 2.45) is 5.41 Å². The summed E-state index contributed by atoms with van der Waals surface area (Å²) in [6.45, 7) is 7.92. The quantitative estimate of drug-likeness (QED) is 0.585. The van der Waals surface area contributed by atoms with E-state index in [2.05, 4.69) is 31.4 Å². The Bertz CT molecular complexity index is 216. The third-order valence-electron chi connectivity index (χ3n) is 3.49. The van der Waals surface area contributed by atoms with E-state index in [0.29, 0.717) is 11.5 Å². The number of nitrogens with one attached hydrogen (secondary N) is 2. The van der Waals surface area contributed by atoms with Crippen molar-refractivity contribution in [3.63, 3.8) is 0 Å². The maximum absolute atomic E-state index is 5.28. The minimum atomic E-state index is 0.537. The van der Waals surface area contributed by atoms with Gasteiger partial charge in [0, 0.05) is 12.6 Å². The van der Waals surface area contributed by atoms with Crippen molar-refractivity contribution in [3.05, 3.63) is 0 Å². The first-order valence-corrected chi connectivity index (χ1v) is 6.99. The molecule has 1 aliphatic carbocycles. The molecule has 1 aliphatic rings. The minimum absolute atomic E-state index is 0.537. The molecule has 3 heteroatoms. The van der Waals surface area contributed by atoms with Crippen molar-refractivity contribution < 1.29 is 0 Å². The summed E-state index contributed by atoms with van der Waals surface area (Å²) in [5.74, 6) is 0. The van der Waals surface area contributed by atoms with E-state index in [-0.39, 0.29) is 0 Å². The van der Waals surface area contributed by atoms with E-state index in [4.69, 9.17) is 12.2 Å². The van der Waals surface area contributed by atoms with Crippen LogP contribution < -0.4 is 10.6 Å². The first-order chi connectivity index (χ1) is 7.53. The third kappa shape index (κ3) is 5.15. The van der Waals surface area contributed by atoms with Gasteiger partial charge in [0.1, 0.15) is 0 Å². The van der Waals surface area contributed by atoms with Crippen molar-refractivity contribution >= 4 is 17.3 Å². The first kappa shape index (κ1) is 13.8. The van der Waals surface area contributed by atoms with Crippen LogP contribution in [0, 0.1) is 5.41 Å². The number of rotatable bonds is 4. The van der Waals surface area contributed by atoms with E-state index in [1.807, 2.05) is 0 Å². The van der Waals surface area contributed by atoms with Crippen LogP contribution in [0.4, 0.5) is 0 Å². The van der Waals surface area contributed by atoms with Crippen LogP contribution in [0.25, 0.3) is 0 Å². The molecule has 2 N–H and O–H groups in total. The van der Waals surface area contributed by atoms with Crippen molar-refractivity contribution in [2.75, 3.05) is 6.54 Å². The van der Waals surface area contributed by atoms with Gasteiger partial charge >= 0.3 is 0 Å². The summed E-state index contributed by atoms with van der Waals surface area (Å²) >= 11 is 5.28. The lowest BCUT2D eigenvalue weighted by molar-refractivity contribution is 0.217. The van der Waals surface area contributed by atoms with Crippen LogP contribution >= 0.6 is 12.2 Å². The molecule has 16 heavy (non-hydrogen) atoms. The van der Waals surface area contributed by atoms with Gasteiger partial charge in [0.25, 0.3) is 0 Å². The third-order valence-corrected chi connectivity index (χ3v) is 3.75. The Morgan fingerprint density at radius 1 is 1.31 bits per heavy atom. The molecule has 1 saturated carbocycles. The summed E-state index contributed by atoms with van der Waals surface area (Å²) in [6.07, 6.45) is 7.53. The van der Waals surface area contributed by atoms with Gasteiger partial charge in [-0.25, -0.2) is 0 Å². The summed E-state index contributed by atoms with van der Waals surface area (Å²) in [6, 6.07) is 0.592.